The van der Waals surface area contributed by atoms with Gasteiger partial charge in [0.15, 0.2) is 4.67 Å². The van der Waals surface area contributed by atoms with Gasteiger partial charge in [-0.15, -0.1) is 11.3 Å². The first-order valence-corrected chi connectivity index (χ1v) is 7.39. The van der Waals surface area contributed by atoms with E-state index in [1.165, 1.54) is 4.88 Å². The smallest absolute Gasteiger partial charge is 0.174 e. The Kier molecular flexibility index (Phi) is 4.24. The lowest BCUT2D eigenvalue weighted by Crippen LogP contribution is -2.21. The Morgan fingerprint density at radius 1 is 1.44 bits per heavy atom. The highest BCUT2D eigenvalue weighted by Gasteiger charge is 2.20. The lowest BCUT2D eigenvalue weighted by atomic mass is 10.1. The van der Waals surface area contributed by atoms with Crippen molar-refractivity contribution in [3.63, 3.8) is 0 Å². The van der Waals surface area contributed by atoms with Crippen molar-refractivity contribution in [3.05, 3.63) is 43.4 Å². The molecule has 1 unspecified atom stereocenters. The van der Waals surface area contributed by atoms with Gasteiger partial charge < -0.3 is 9.73 Å². The summed E-state index contributed by atoms with van der Waals surface area (Å²) in [6.07, 6.45) is 1.70. The highest BCUT2D eigenvalue weighted by Crippen LogP contribution is 2.36. The summed E-state index contributed by atoms with van der Waals surface area (Å²) in [5.41, 5.74) is 1.13. The predicted octanol–water partition coefficient (Wildman–Crippen LogP) is 4.57. The van der Waals surface area contributed by atoms with Gasteiger partial charge in [-0.2, -0.15) is 0 Å². The molecule has 2 rings (SSSR count). The first-order chi connectivity index (χ1) is 7.74. The molecule has 0 saturated heterocycles. The van der Waals surface area contributed by atoms with E-state index in [0.29, 0.717) is 0 Å². The van der Waals surface area contributed by atoms with Crippen molar-refractivity contribution in [2.45, 2.75) is 13.0 Å². The second-order valence-electron chi connectivity index (χ2n) is 3.27. The third-order valence-electron chi connectivity index (χ3n) is 2.27. The highest BCUT2D eigenvalue weighted by molar-refractivity contribution is 9.10. The Bertz CT molecular complexity index is 426. The molecule has 0 aliphatic rings. The first kappa shape index (κ1) is 12.4. The summed E-state index contributed by atoms with van der Waals surface area (Å²) >= 11 is 8.73. The van der Waals surface area contributed by atoms with Crippen molar-refractivity contribution in [3.8, 4) is 0 Å². The van der Waals surface area contributed by atoms with E-state index in [4.69, 9.17) is 4.42 Å². The van der Waals surface area contributed by atoms with Crippen molar-refractivity contribution in [1.82, 2.24) is 5.32 Å². The summed E-state index contributed by atoms with van der Waals surface area (Å²) in [5, 5.41) is 5.54. The van der Waals surface area contributed by atoms with Gasteiger partial charge in [0.05, 0.1) is 12.3 Å². The second kappa shape index (κ2) is 5.49. The zero-order valence-corrected chi connectivity index (χ0v) is 12.7. The van der Waals surface area contributed by atoms with Gasteiger partial charge in [0.2, 0.25) is 0 Å². The number of rotatable bonds is 4. The van der Waals surface area contributed by atoms with Crippen LogP contribution in [0.3, 0.4) is 0 Å². The maximum Gasteiger partial charge on any atom is 0.174 e. The van der Waals surface area contributed by atoms with Crippen LogP contribution in [0.5, 0.6) is 0 Å². The fraction of sp³-hybridized carbons (Fsp3) is 0.273. The average molecular weight is 365 g/mol. The largest absolute Gasteiger partial charge is 0.457 e. The van der Waals surface area contributed by atoms with Crippen molar-refractivity contribution in [1.29, 1.82) is 0 Å². The number of halogens is 2. The van der Waals surface area contributed by atoms with Crippen molar-refractivity contribution < 1.29 is 4.42 Å². The monoisotopic (exact) mass is 363 g/mol. The third kappa shape index (κ3) is 2.42. The normalized spacial score (nSPS) is 12.9. The molecule has 0 radical (unpaired) electrons. The number of thiophene rings is 1. The van der Waals surface area contributed by atoms with Gasteiger partial charge in [0, 0.05) is 14.9 Å². The molecular formula is C11H11Br2NOS. The van der Waals surface area contributed by atoms with E-state index >= 15 is 0 Å². The molecule has 2 nitrogen and oxygen atoms in total. The molecule has 1 N–H and O–H groups in total. The molecule has 0 bridgehead atoms. The number of hydrogen-bond acceptors (Lipinski definition) is 3. The SMILES string of the molecule is CCNC(c1ccoc1Br)c1sccc1Br. The molecule has 0 aliphatic carbocycles. The van der Waals surface area contributed by atoms with Crippen LogP contribution in [0.4, 0.5) is 0 Å². The lowest BCUT2D eigenvalue weighted by Gasteiger charge is -2.16. The minimum atomic E-state index is 0.174. The topological polar surface area (TPSA) is 25.2 Å². The van der Waals surface area contributed by atoms with Gasteiger partial charge >= 0.3 is 0 Å². The minimum Gasteiger partial charge on any atom is -0.457 e. The predicted molar refractivity (Wildman–Crippen MR) is 73.9 cm³/mol. The molecular weight excluding hydrogens is 354 g/mol. The summed E-state index contributed by atoms with van der Waals surface area (Å²) < 4.78 is 7.22. The van der Waals surface area contributed by atoms with E-state index < -0.39 is 0 Å². The summed E-state index contributed by atoms with van der Waals surface area (Å²) in [7, 11) is 0. The van der Waals surface area contributed by atoms with Gasteiger partial charge in [0.25, 0.3) is 0 Å². The fourth-order valence-corrected chi connectivity index (χ4v) is 3.73. The molecule has 2 aromatic heterocycles. The minimum absolute atomic E-state index is 0.174. The van der Waals surface area contributed by atoms with Crippen LogP contribution < -0.4 is 5.32 Å². The first-order valence-electron chi connectivity index (χ1n) is 4.93. The van der Waals surface area contributed by atoms with E-state index in [2.05, 4.69) is 55.5 Å². The molecule has 0 saturated carbocycles. The lowest BCUT2D eigenvalue weighted by molar-refractivity contribution is 0.527. The molecule has 0 spiro atoms. The van der Waals surface area contributed by atoms with Crippen molar-refractivity contribution >= 4 is 43.2 Å². The molecule has 2 aromatic rings. The number of furan rings is 1. The van der Waals surface area contributed by atoms with Gasteiger partial charge in [0.1, 0.15) is 0 Å². The number of hydrogen-bond donors (Lipinski definition) is 1. The van der Waals surface area contributed by atoms with Gasteiger partial charge in [-0.05, 0) is 55.9 Å². The average Bonchev–Trinajstić information content (AvgIpc) is 2.84. The Balaban J connectivity index is 2.39. The molecule has 16 heavy (non-hydrogen) atoms. The molecule has 0 aliphatic heterocycles. The Morgan fingerprint density at radius 2 is 2.25 bits per heavy atom. The molecule has 2 heterocycles. The van der Waals surface area contributed by atoms with Crippen LogP contribution in [0.15, 0.2) is 37.3 Å². The van der Waals surface area contributed by atoms with Crippen molar-refractivity contribution in [2.75, 3.05) is 6.54 Å². The quantitative estimate of drug-likeness (QED) is 0.859. The van der Waals surface area contributed by atoms with Crippen LogP contribution in [0.2, 0.25) is 0 Å². The van der Waals surface area contributed by atoms with Gasteiger partial charge in [-0.1, -0.05) is 6.92 Å². The maximum atomic E-state index is 5.30. The third-order valence-corrected chi connectivity index (χ3v) is 4.85. The molecule has 0 aromatic carbocycles. The van der Waals surface area contributed by atoms with Gasteiger partial charge in [-0.3, -0.25) is 0 Å². The Morgan fingerprint density at radius 3 is 2.75 bits per heavy atom. The summed E-state index contributed by atoms with van der Waals surface area (Å²) in [6, 6.07) is 4.23. The van der Waals surface area contributed by atoms with Crippen LogP contribution in [-0.4, -0.2) is 6.54 Å². The van der Waals surface area contributed by atoms with E-state index in [0.717, 1.165) is 21.3 Å². The summed E-state index contributed by atoms with van der Waals surface area (Å²) in [4.78, 5) is 1.27. The summed E-state index contributed by atoms with van der Waals surface area (Å²) in [6.45, 7) is 3.01. The van der Waals surface area contributed by atoms with Gasteiger partial charge in [-0.25, -0.2) is 0 Å². The van der Waals surface area contributed by atoms with E-state index in [-0.39, 0.29) is 6.04 Å². The number of nitrogens with one attached hydrogen (secondary N) is 1. The van der Waals surface area contributed by atoms with Crippen LogP contribution in [-0.2, 0) is 0 Å². The van der Waals surface area contributed by atoms with Crippen LogP contribution in [0, 0.1) is 0 Å². The van der Waals surface area contributed by atoms with Crippen LogP contribution in [0.25, 0.3) is 0 Å². The standard InChI is InChI=1S/C11H11Br2NOS/c1-2-14-9(7-3-5-15-11(7)13)10-8(12)4-6-16-10/h3-6,9,14H,2H2,1H3. The second-order valence-corrected chi connectivity index (χ2v) is 5.80. The van der Waals surface area contributed by atoms with E-state index in [1.54, 1.807) is 17.6 Å². The molecule has 0 fully saturated rings. The molecule has 86 valence electrons. The highest BCUT2D eigenvalue weighted by atomic mass is 79.9. The Labute approximate surface area is 115 Å². The van der Waals surface area contributed by atoms with Crippen LogP contribution >= 0.6 is 43.2 Å². The van der Waals surface area contributed by atoms with E-state index in [1.807, 2.05) is 6.07 Å². The molecule has 0 amide bonds. The zero-order chi connectivity index (χ0) is 11.5. The van der Waals surface area contributed by atoms with Crippen LogP contribution in [0.1, 0.15) is 23.4 Å². The fourth-order valence-electron chi connectivity index (χ4n) is 1.57. The van der Waals surface area contributed by atoms with E-state index in [9.17, 15) is 0 Å². The molecule has 5 heteroatoms. The van der Waals surface area contributed by atoms with Crippen molar-refractivity contribution in [2.24, 2.45) is 0 Å². The molecule has 1 atom stereocenters. The zero-order valence-electron chi connectivity index (χ0n) is 8.67. The Hall–Kier alpha value is -0.100. The maximum absolute atomic E-state index is 5.30. The summed E-state index contributed by atoms with van der Waals surface area (Å²) in [5.74, 6) is 0.